The van der Waals surface area contributed by atoms with Gasteiger partial charge in [0.25, 0.3) is 5.91 Å². The molecule has 0 fully saturated rings. The minimum Gasteiger partial charge on any atom is -0.399 e. The number of nitrogens with two attached hydrogens (primary N) is 2. The van der Waals surface area contributed by atoms with Crippen LogP contribution in [0.15, 0.2) is 30.6 Å². The lowest BCUT2D eigenvalue weighted by molar-refractivity contribution is 0.0945. The summed E-state index contributed by atoms with van der Waals surface area (Å²) in [4.78, 5) is 15.4. The lowest BCUT2D eigenvalue weighted by Gasteiger charge is -2.00. The van der Waals surface area contributed by atoms with E-state index in [2.05, 4.69) is 10.1 Å². The van der Waals surface area contributed by atoms with Gasteiger partial charge in [0.1, 0.15) is 6.33 Å². The minimum absolute atomic E-state index is 0.0623. The zero-order valence-corrected chi connectivity index (χ0v) is 7.79. The molecule has 6 heteroatoms. The van der Waals surface area contributed by atoms with Gasteiger partial charge in [0, 0.05) is 11.3 Å². The standard InChI is InChI=1S/C9H9N5O/c10-7-3-1-2-6(4-7)8(15)14-5-12-9(11)13-14/h1-5H,10H2,(H2,11,13). The second kappa shape index (κ2) is 3.41. The number of aromatic nitrogens is 3. The van der Waals surface area contributed by atoms with Crippen LogP contribution in [0.5, 0.6) is 0 Å². The molecule has 2 rings (SSSR count). The lowest BCUT2D eigenvalue weighted by Crippen LogP contribution is -2.13. The van der Waals surface area contributed by atoms with Gasteiger partial charge in [-0.15, -0.1) is 5.10 Å². The van der Waals surface area contributed by atoms with Crippen LogP contribution in [-0.2, 0) is 0 Å². The van der Waals surface area contributed by atoms with Crippen LogP contribution in [0.4, 0.5) is 11.6 Å². The van der Waals surface area contributed by atoms with Crippen molar-refractivity contribution in [2.75, 3.05) is 11.5 Å². The molecule has 0 saturated heterocycles. The van der Waals surface area contributed by atoms with Crippen molar-refractivity contribution in [1.29, 1.82) is 0 Å². The largest absolute Gasteiger partial charge is 0.399 e. The first-order valence-corrected chi connectivity index (χ1v) is 4.24. The Kier molecular flexibility index (Phi) is 2.09. The first-order valence-electron chi connectivity index (χ1n) is 4.24. The molecule has 2 aromatic rings. The number of benzene rings is 1. The fraction of sp³-hybridized carbons (Fsp3) is 0. The Morgan fingerprint density at radius 2 is 2.13 bits per heavy atom. The van der Waals surface area contributed by atoms with E-state index in [1.807, 2.05) is 0 Å². The number of carbonyl (C=O) groups is 1. The molecule has 0 aliphatic rings. The maximum absolute atomic E-state index is 11.8. The van der Waals surface area contributed by atoms with Crippen molar-refractivity contribution in [3.8, 4) is 0 Å². The van der Waals surface area contributed by atoms with Gasteiger partial charge in [-0.05, 0) is 18.2 Å². The highest BCUT2D eigenvalue weighted by Crippen LogP contribution is 2.08. The second-order valence-corrected chi connectivity index (χ2v) is 2.98. The van der Waals surface area contributed by atoms with E-state index < -0.39 is 0 Å². The highest BCUT2D eigenvalue weighted by atomic mass is 16.2. The molecule has 4 N–H and O–H groups in total. The predicted molar refractivity (Wildman–Crippen MR) is 55.0 cm³/mol. The average molecular weight is 203 g/mol. The van der Waals surface area contributed by atoms with Crippen LogP contribution in [0, 0.1) is 0 Å². The Hall–Kier alpha value is -2.37. The van der Waals surface area contributed by atoms with E-state index in [1.54, 1.807) is 24.3 Å². The minimum atomic E-state index is -0.313. The van der Waals surface area contributed by atoms with Crippen LogP contribution in [0.25, 0.3) is 0 Å². The van der Waals surface area contributed by atoms with Crippen molar-refractivity contribution in [2.45, 2.75) is 0 Å². The molecule has 0 saturated carbocycles. The van der Waals surface area contributed by atoms with Crippen LogP contribution >= 0.6 is 0 Å². The van der Waals surface area contributed by atoms with Gasteiger partial charge in [-0.3, -0.25) is 4.79 Å². The Morgan fingerprint density at radius 1 is 1.33 bits per heavy atom. The smallest absolute Gasteiger partial charge is 0.279 e. The quantitative estimate of drug-likeness (QED) is 0.642. The third kappa shape index (κ3) is 1.78. The second-order valence-electron chi connectivity index (χ2n) is 2.98. The summed E-state index contributed by atoms with van der Waals surface area (Å²) in [6.07, 6.45) is 1.26. The molecule has 0 aliphatic carbocycles. The van der Waals surface area contributed by atoms with Gasteiger partial charge in [0.05, 0.1) is 0 Å². The molecule has 0 radical (unpaired) electrons. The maximum Gasteiger partial charge on any atom is 0.279 e. The van der Waals surface area contributed by atoms with Crippen molar-refractivity contribution in [1.82, 2.24) is 14.8 Å². The van der Waals surface area contributed by atoms with Crippen LogP contribution in [-0.4, -0.2) is 20.7 Å². The van der Waals surface area contributed by atoms with Crippen LogP contribution in [0.3, 0.4) is 0 Å². The summed E-state index contributed by atoms with van der Waals surface area (Å²) < 4.78 is 1.07. The number of hydrogen-bond acceptors (Lipinski definition) is 5. The monoisotopic (exact) mass is 203 g/mol. The molecule has 15 heavy (non-hydrogen) atoms. The summed E-state index contributed by atoms with van der Waals surface area (Å²) in [7, 11) is 0. The third-order valence-electron chi connectivity index (χ3n) is 1.85. The number of rotatable bonds is 1. The Bertz CT molecular complexity index is 505. The van der Waals surface area contributed by atoms with Crippen molar-refractivity contribution in [3.63, 3.8) is 0 Å². The van der Waals surface area contributed by atoms with Gasteiger partial charge in [-0.25, -0.2) is 4.98 Å². The van der Waals surface area contributed by atoms with Gasteiger partial charge < -0.3 is 11.5 Å². The van der Waals surface area contributed by atoms with Gasteiger partial charge in [0.2, 0.25) is 5.95 Å². The fourth-order valence-electron chi connectivity index (χ4n) is 1.18. The Balaban J connectivity index is 2.36. The molecule has 76 valence electrons. The highest BCUT2D eigenvalue weighted by Gasteiger charge is 2.09. The van der Waals surface area contributed by atoms with E-state index in [1.165, 1.54) is 6.33 Å². The maximum atomic E-state index is 11.8. The number of nitrogen functional groups attached to an aromatic ring is 2. The summed E-state index contributed by atoms with van der Waals surface area (Å²) in [5.41, 5.74) is 11.8. The molecule has 1 heterocycles. The Morgan fingerprint density at radius 3 is 2.73 bits per heavy atom. The van der Waals surface area contributed by atoms with Gasteiger partial charge in [-0.2, -0.15) is 4.68 Å². The summed E-state index contributed by atoms with van der Waals surface area (Å²) in [6.45, 7) is 0. The van der Waals surface area contributed by atoms with Crippen LogP contribution in [0.2, 0.25) is 0 Å². The zero-order valence-electron chi connectivity index (χ0n) is 7.79. The number of hydrogen-bond donors (Lipinski definition) is 2. The van der Waals surface area contributed by atoms with E-state index in [4.69, 9.17) is 11.5 Å². The molecule has 0 unspecified atom stereocenters. The third-order valence-corrected chi connectivity index (χ3v) is 1.85. The van der Waals surface area contributed by atoms with Gasteiger partial charge >= 0.3 is 0 Å². The molecule has 1 aromatic heterocycles. The molecular weight excluding hydrogens is 194 g/mol. The normalized spacial score (nSPS) is 10.1. The Labute approximate surface area is 85.5 Å². The van der Waals surface area contributed by atoms with Crippen LogP contribution in [0.1, 0.15) is 10.4 Å². The predicted octanol–water partition coefficient (Wildman–Crippen LogP) is 0.131. The molecule has 0 spiro atoms. The topological polar surface area (TPSA) is 99.8 Å². The molecule has 1 aromatic carbocycles. The summed E-state index contributed by atoms with van der Waals surface area (Å²) in [6, 6.07) is 6.62. The van der Waals surface area contributed by atoms with Crippen molar-refractivity contribution in [2.24, 2.45) is 0 Å². The van der Waals surface area contributed by atoms with Crippen molar-refractivity contribution >= 4 is 17.5 Å². The molecule has 0 bridgehead atoms. The van der Waals surface area contributed by atoms with E-state index in [0.717, 1.165) is 4.68 Å². The lowest BCUT2D eigenvalue weighted by atomic mass is 10.2. The first-order chi connectivity index (χ1) is 7.16. The van der Waals surface area contributed by atoms with Crippen LogP contribution < -0.4 is 11.5 Å². The molecule has 0 amide bonds. The van der Waals surface area contributed by atoms with E-state index >= 15 is 0 Å². The summed E-state index contributed by atoms with van der Waals surface area (Å²) >= 11 is 0. The van der Waals surface area contributed by atoms with E-state index in [-0.39, 0.29) is 11.9 Å². The van der Waals surface area contributed by atoms with Crippen molar-refractivity contribution in [3.05, 3.63) is 36.2 Å². The number of carbonyl (C=O) groups excluding carboxylic acids is 1. The molecule has 0 aliphatic heterocycles. The first kappa shape index (κ1) is 9.20. The fourth-order valence-corrected chi connectivity index (χ4v) is 1.18. The summed E-state index contributed by atoms with van der Waals surface area (Å²) in [5, 5.41) is 3.71. The molecular formula is C9H9N5O. The van der Waals surface area contributed by atoms with E-state index in [9.17, 15) is 4.79 Å². The number of nitrogens with zero attached hydrogens (tertiary/aromatic N) is 3. The van der Waals surface area contributed by atoms with Gasteiger partial charge in [-0.1, -0.05) is 6.07 Å². The number of anilines is 2. The zero-order chi connectivity index (χ0) is 10.8. The SMILES string of the molecule is Nc1cccc(C(=O)n2cnc(N)n2)c1. The average Bonchev–Trinajstić information content (AvgIpc) is 2.64. The van der Waals surface area contributed by atoms with Gasteiger partial charge in [0.15, 0.2) is 0 Å². The molecule has 6 nitrogen and oxygen atoms in total. The van der Waals surface area contributed by atoms with Crippen molar-refractivity contribution < 1.29 is 4.79 Å². The van der Waals surface area contributed by atoms with E-state index in [0.29, 0.717) is 11.3 Å². The molecule has 0 atom stereocenters. The highest BCUT2D eigenvalue weighted by molar-refractivity contribution is 5.96. The summed E-state index contributed by atoms with van der Waals surface area (Å²) in [5.74, 6) is -0.251.